The molecule has 0 fully saturated rings. The van der Waals surface area contributed by atoms with Crippen LogP contribution in [0.4, 0.5) is 4.39 Å². The van der Waals surface area contributed by atoms with Crippen LogP contribution in [0.5, 0.6) is 5.75 Å². The van der Waals surface area contributed by atoms with Crippen LogP contribution in [0.3, 0.4) is 0 Å². The van der Waals surface area contributed by atoms with Crippen LogP contribution in [-0.4, -0.2) is 12.4 Å². The maximum Gasteiger partial charge on any atom is 0.165 e. The van der Waals surface area contributed by atoms with Gasteiger partial charge in [0.25, 0.3) is 0 Å². The largest absolute Gasteiger partial charge is 0.491 e. The minimum atomic E-state index is -0.557. The normalized spacial score (nSPS) is 11.2. The molecule has 15 heavy (non-hydrogen) atoms. The first-order valence-electron chi connectivity index (χ1n) is 4.27. The molecule has 0 aromatic heterocycles. The first kappa shape index (κ1) is 11.1. The number of halogens is 1. The van der Waals surface area contributed by atoms with E-state index in [1.54, 1.807) is 6.92 Å². The van der Waals surface area contributed by atoms with Crippen LogP contribution in [0.1, 0.15) is 12.5 Å². The number of benzene rings is 1. The minimum absolute atomic E-state index is 0.132. The van der Waals surface area contributed by atoms with Crippen molar-refractivity contribution in [2.24, 2.45) is 16.1 Å². The SMILES string of the molecule is CCOc1ccc(/C(N)=N/N=O)cc1F. The molecule has 2 N–H and O–H groups in total. The fourth-order valence-corrected chi connectivity index (χ4v) is 1.03. The fraction of sp³-hybridized carbons (Fsp3) is 0.222. The zero-order valence-electron chi connectivity index (χ0n) is 8.11. The fourth-order valence-electron chi connectivity index (χ4n) is 1.03. The molecule has 0 spiro atoms. The molecule has 1 aromatic rings. The van der Waals surface area contributed by atoms with Gasteiger partial charge in [-0.05, 0) is 25.1 Å². The highest BCUT2D eigenvalue weighted by Crippen LogP contribution is 2.18. The Morgan fingerprint density at radius 2 is 2.33 bits per heavy atom. The zero-order valence-corrected chi connectivity index (χ0v) is 8.11. The zero-order chi connectivity index (χ0) is 11.3. The molecule has 80 valence electrons. The molecule has 5 nitrogen and oxygen atoms in total. The quantitative estimate of drug-likeness (QED) is 0.355. The lowest BCUT2D eigenvalue weighted by molar-refractivity contribution is 0.321. The summed E-state index contributed by atoms with van der Waals surface area (Å²) in [4.78, 5) is 9.81. The molecule has 0 amide bonds. The van der Waals surface area contributed by atoms with Crippen molar-refractivity contribution in [2.75, 3.05) is 6.61 Å². The molecule has 0 aliphatic rings. The van der Waals surface area contributed by atoms with Gasteiger partial charge in [0.05, 0.1) is 11.9 Å². The number of hydrogen-bond acceptors (Lipinski definition) is 3. The van der Waals surface area contributed by atoms with Gasteiger partial charge in [0.1, 0.15) is 0 Å². The number of nitrogens with zero attached hydrogens (tertiary/aromatic N) is 2. The van der Waals surface area contributed by atoms with Gasteiger partial charge < -0.3 is 10.5 Å². The molecular formula is C9H10FN3O2. The van der Waals surface area contributed by atoms with Crippen LogP contribution in [-0.2, 0) is 0 Å². The standard InChI is InChI=1S/C9H10FN3O2/c1-2-15-8-4-3-6(5-7(8)10)9(11)12-13-14/h3-5H,2H2,1H3,(H2,11,12,14). The lowest BCUT2D eigenvalue weighted by atomic mass is 10.2. The minimum Gasteiger partial charge on any atom is -0.491 e. The molecule has 0 atom stereocenters. The second kappa shape index (κ2) is 5.04. The average Bonchev–Trinajstić information content (AvgIpc) is 2.21. The van der Waals surface area contributed by atoms with E-state index in [9.17, 15) is 9.30 Å². The van der Waals surface area contributed by atoms with E-state index in [0.717, 1.165) is 6.07 Å². The van der Waals surface area contributed by atoms with Crippen LogP contribution in [0.2, 0.25) is 0 Å². The lowest BCUT2D eigenvalue weighted by Gasteiger charge is -2.05. The van der Waals surface area contributed by atoms with E-state index in [1.807, 2.05) is 0 Å². The lowest BCUT2D eigenvalue weighted by Crippen LogP contribution is -2.13. The summed E-state index contributed by atoms with van der Waals surface area (Å²) in [7, 11) is 0. The Labute approximate surface area is 85.7 Å². The van der Waals surface area contributed by atoms with Gasteiger partial charge in [-0.15, -0.1) is 4.91 Å². The van der Waals surface area contributed by atoms with Crippen molar-refractivity contribution in [1.29, 1.82) is 0 Å². The van der Waals surface area contributed by atoms with Gasteiger partial charge in [-0.2, -0.15) is 0 Å². The first-order chi connectivity index (χ1) is 7.19. The summed E-state index contributed by atoms with van der Waals surface area (Å²) in [6.45, 7) is 2.12. The highest BCUT2D eigenvalue weighted by atomic mass is 19.1. The molecule has 0 unspecified atom stereocenters. The maximum atomic E-state index is 13.3. The Kier molecular flexibility index (Phi) is 3.73. The predicted octanol–water partition coefficient (Wildman–Crippen LogP) is 1.61. The molecular weight excluding hydrogens is 201 g/mol. The monoisotopic (exact) mass is 211 g/mol. The van der Waals surface area contributed by atoms with Crippen molar-refractivity contribution in [3.05, 3.63) is 34.5 Å². The number of rotatable bonds is 4. The van der Waals surface area contributed by atoms with Gasteiger partial charge in [-0.25, -0.2) is 4.39 Å². The van der Waals surface area contributed by atoms with Crippen molar-refractivity contribution in [3.63, 3.8) is 0 Å². The van der Waals surface area contributed by atoms with Gasteiger partial charge in [0.15, 0.2) is 17.4 Å². The average molecular weight is 211 g/mol. The summed E-state index contributed by atoms with van der Waals surface area (Å²) in [5.74, 6) is -0.557. The molecule has 6 heteroatoms. The van der Waals surface area contributed by atoms with Crippen LogP contribution in [0.25, 0.3) is 0 Å². The number of nitroso groups, excluding NO2 is 1. The number of ether oxygens (including phenoxy) is 1. The molecule has 0 aliphatic carbocycles. The molecule has 0 saturated heterocycles. The van der Waals surface area contributed by atoms with Crippen molar-refractivity contribution in [3.8, 4) is 5.75 Å². The molecule has 0 bridgehead atoms. The van der Waals surface area contributed by atoms with Gasteiger partial charge in [-0.1, -0.05) is 5.10 Å². The summed E-state index contributed by atoms with van der Waals surface area (Å²) in [6, 6.07) is 4.05. The number of amidine groups is 1. The van der Waals surface area contributed by atoms with Crippen molar-refractivity contribution >= 4 is 5.84 Å². The second-order valence-corrected chi connectivity index (χ2v) is 2.65. The summed E-state index contributed by atoms with van der Waals surface area (Å²) in [5, 5.41) is 5.33. The molecule has 0 saturated carbocycles. The Morgan fingerprint density at radius 3 is 2.87 bits per heavy atom. The molecule has 0 radical (unpaired) electrons. The highest BCUT2D eigenvalue weighted by molar-refractivity contribution is 5.97. The van der Waals surface area contributed by atoms with Crippen LogP contribution >= 0.6 is 0 Å². The maximum absolute atomic E-state index is 13.3. The van der Waals surface area contributed by atoms with Crippen LogP contribution in [0.15, 0.2) is 28.6 Å². The summed E-state index contributed by atoms with van der Waals surface area (Å²) >= 11 is 0. The van der Waals surface area contributed by atoms with Crippen molar-refractivity contribution < 1.29 is 9.13 Å². The van der Waals surface area contributed by atoms with Gasteiger partial charge in [0, 0.05) is 5.56 Å². The predicted molar refractivity (Wildman–Crippen MR) is 54.1 cm³/mol. The van der Waals surface area contributed by atoms with E-state index >= 15 is 0 Å². The third kappa shape index (κ3) is 2.73. The molecule has 1 rings (SSSR count). The van der Waals surface area contributed by atoms with E-state index in [4.69, 9.17) is 10.5 Å². The summed E-state index contributed by atoms with van der Waals surface area (Å²) < 4.78 is 18.3. The van der Waals surface area contributed by atoms with E-state index in [2.05, 4.69) is 10.4 Å². The van der Waals surface area contributed by atoms with Crippen LogP contribution < -0.4 is 10.5 Å². The highest BCUT2D eigenvalue weighted by Gasteiger charge is 2.06. The Morgan fingerprint density at radius 1 is 1.60 bits per heavy atom. The van der Waals surface area contributed by atoms with Gasteiger partial charge >= 0.3 is 0 Å². The molecule has 1 aromatic carbocycles. The number of hydrogen-bond donors (Lipinski definition) is 1. The van der Waals surface area contributed by atoms with E-state index in [0.29, 0.717) is 6.61 Å². The van der Waals surface area contributed by atoms with Gasteiger partial charge in [0.2, 0.25) is 0 Å². The Hall–Kier alpha value is -1.98. The van der Waals surface area contributed by atoms with Crippen molar-refractivity contribution in [2.45, 2.75) is 6.92 Å². The topological polar surface area (TPSA) is 77.0 Å². The Bertz CT molecular complexity index is 393. The summed E-state index contributed by atoms with van der Waals surface area (Å²) in [5.41, 5.74) is 5.63. The van der Waals surface area contributed by atoms with E-state index in [1.165, 1.54) is 12.1 Å². The second-order valence-electron chi connectivity index (χ2n) is 2.65. The van der Waals surface area contributed by atoms with Crippen LogP contribution in [0, 0.1) is 10.7 Å². The molecule has 0 aliphatic heterocycles. The Balaban J connectivity index is 3.00. The molecule has 0 heterocycles. The smallest absolute Gasteiger partial charge is 0.165 e. The first-order valence-corrected chi connectivity index (χ1v) is 4.27. The number of nitrogens with two attached hydrogens (primary N) is 1. The van der Waals surface area contributed by atoms with E-state index < -0.39 is 5.82 Å². The summed E-state index contributed by atoms with van der Waals surface area (Å²) in [6.07, 6.45) is 0. The third-order valence-corrected chi connectivity index (χ3v) is 1.68. The van der Waals surface area contributed by atoms with Gasteiger partial charge in [-0.3, -0.25) is 0 Å². The van der Waals surface area contributed by atoms with Crippen molar-refractivity contribution in [1.82, 2.24) is 0 Å². The van der Waals surface area contributed by atoms with E-state index in [-0.39, 0.29) is 17.1 Å². The third-order valence-electron chi connectivity index (χ3n) is 1.68.